The van der Waals surface area contributed by atoms with Gasteiger partial charge in [-0.15, -0.1) is 0 Å². The van der Waals surface area contributed by atoms with E-state index in [-0.39, 0.29) is 19.1 Å². The van der Waals surface area contributed by atoms with Gasteiger partial charge in [-0.1, -0.05) is 47.3 Å². The number of aliphatic hydroxyl groups excluding tert-OH is 1. The Morgan fingerprint density at radius 3 is 2.57 bits per heavy atom. The molecule has 4 rings (SSSR count). The van der Waals surface area contributed by atoms with Gasteiger partial charge in [0.15, 0.2) is 5.54 Å². The van der Waals surface area contributed by atoms with E-state index >= 15 is 0 Å². The average molecular weight is 544 g/mol. The van der Waals surface area contributed by atoms with Crippen LogP contribution in [0, 0.1) is 5.92 Å². The molecular formula is C27H34BrN3O4. The van der Waals surface area contributed by atoms with Crippen LogP contribution in [0.2, 0.25) is 0 Å². The van der Waals surface area contributed by atoms with E-state index in [0.717, 1.165) is 22.1 Å². The summed E-state index contributed by atoms with van der Waals surface area (Å²) in [6.07, 6.45) is 7.27. The zero-order chi connectivity index (χ0) is 24.5. The Morgan fingerprint density at radius 2 is 1.86 bits per heavy atom. The van der Waals surface area contributed by atoms with Crippen LogP contribution in [0.15, 0.2) is 58.0 Å². The van der Waals surface area contributed by atoms with Crippen LogP contribution in [0.5, 0.6) is 5.75 Å². The topological polar surface area (TPSA) is 92.2 Å². The number of amides is 1. The van der Waals surface area contributed by atoms with E-state index < -0.39 is 5.54 Å². The van der Waals surface area contributed by atoms with Crippen molar-refractivity contribution < 1.29 is 19.4 Å². The molecule has 1 amide bonds. The maximum atomic E-state index is 13.4. The summed E-state index contributed by atoms with van der Waals surface area (Å²) in [7, 11) is 0. The summed E-state index contributed by atoms with van der Waals surface area (Å²) in [5.41, 5.74) is 6.85. The van der Waals surface area contributed by atoms with Crippen LogP contribution in [-0.4, -0.2) is 48.8 Å². The second-order valence-corrected chi connectivity index (χ2v) is 10.2. The van der Waals surface area contributed by atoms with Crippen molar-refractivity contribution in [2.24, 2.45) is 10.9 Å². The van der Waals surface area contributed by atoms with Gasteiger partial charge in [0.1, 0.15) is 12.4 Å². The Balaban J connectivity index is 1.47. The zero-order valence-electron chi connectivity index (χ0n) is 20.0. The van der Waals surface area contributed by atoms with Crippen molar-refractivity contribution in [1.29, 1.82) is 0 Å². The number of hydrogen-bond acceptors (Lipinski definition) is 6. The Labute approximate surface area is 215 Å². The highest BCUT2D eigenvalue weighted by Gasteiger charge is 2.44. The van der Waals surface area contributed by atoms with E-state index in [1.165, 1.54) is 32.1 Å². The lowest BCUT2D eigenvalue weighted by Crippen LogP contribution is -2.53. The molecule has 2 aliphatic rings. The van der Waals surface area contributed by atoms with E-state index in [0.29, 0.717) is 37.0 Å². The molecule has 1 heterocycles. The van der Waals surface area contributed by atoms with Crippen molar-refractivity contribution >= 4 is 27.7 Å². The van der Waals surface area contributed by atoms with Crippen LogP contribution in [0.25, 0.3) is 0 Å². The molecule has 8 heteroatoms. The minimum Gasteiger partial charge on any atom is -0.494 e. The van der Waals surface area contributed by atoms with Crippen LogP contribution in [-0.2, 0) is 16.0 Å². The van der Waals surface area contributed by atoms with Crippen LogP contribution in [0.1, 0.15) is 49.7 Å². The fourth-order valence-electron chi connectivity index (χ4n) is 4.55. The lowest BCUT2D eigenvalue weighted by Gasteiger charge is -2.25. The first kappa shape index (κ1) is 25.7. The predicted molar refractivity (Wildman–Crippen MR) is 139 cm³/mol. The van der Waals surface area contributed by atoms with Crippen molar-refractivity contribution in [3.05, 3.63) is 64.1 Å². The number of benzene rings is 2. The van der Waals surface area contributed by atoms with Gasteiger partial charge in [0.05, 0.1) is 6.61 Å². The van der Waals surface area contributed by atoms with Crippen LogP contribution in [0.3, 0.4) is 0 Å². The molecule has 7 nitrogen and oxygen atoms in total. The van der Waals surface area contributed by atoms with E-state index in [2.05, 4.69) is 26.8 Å². The molecule has 0 aromatic heterocycles. The number of hydrazine groups is 1. The molecule has 1 saturated carbocycles. The molecule has 1 atom stereocenters. The van der Waals surface area contributed by atoms with Gasteiger partial charge >= 0.3 is 0 Å². The number of carbonyl (C=O) groups is 1. The van der Waals surface area contributed by atoms with Crippen LogP contribution < -0.4 is 15.6 Å². The van der Waals surface area contributed by atoms with Crippen LogP contribution in [0.4, 0.5) is 0 Å². The molecule has 3 N–H and O–H groups in total. The van der Waals surface area contributed by atoms with Gasteiger partial charge in [-0.05, 0) is 60.7 Å². The third kappa shape index (κ3) is 7.06. The second-order valence-electron chi connectivity index (χ2n) is 9.33. The maximum Gasteiger partial charge on any atom is 0.266 e. The van der Waals surface area contributed by atoms with Crippen molar-refractivity contribution in [3.63, 3.8) is 0 Å². The molecule has 1 aliphatic carbocycles. The number of nitrogens with zero attached hydrogens (tertiary/aromatic N) is 1. The Hall–Kier alpha value is -2.42. The summed E-state index contributed by atoms with van der Waals surface area (Å²) in [6.45, 7) is 1.50. The van der Waals surface area contributed by atoms with Crippen molar-refractivity contribution in [1.82, 2.24) is 10.9 Å². The van der Waals surface area contributed by atoms with E-state index in [1.54, 1.807) is 0 Å². The number of aliphatic hydroxyl groups is 1. The van der Waals surface area contributed by atoms with Crippen molar-refractivity contribution in [2.45, 2.75) is 50.5 Å². The Morgan fingerprint density at radius 1 is 1.11 bits per heavy atom. The molecule has 0 saturated heterocycles. The van der Waals surface area contributed by atoms with Gasteiger partial charge in [0.2, 0.25) is 5.90 Å². The molecule has 35 heavy (non-hydrogen) atoms. The van der Waals surface area contributed by atoms with Crippen LogP contribution >= 0.6 is 15.9 Å². The van der Waals surface area contributed by atoms with Gasteiger partial charge in [0, 0.05) is 36.0 Å². The Bertz CT molecular complexity index is 990. The number of aliphatic imine (C=N–C) groups is 1. The van der Waals surface area contributed by atoms with Crippen molar-refractivity contribution in [3.8, 4) is 5.75 Å². The highest BCUT2D eigenvalue weighted by molar-refractivity contribution is 9.10. The number of ether oxygens (including phenoxy) is 2. The third-order valence-electron chi connectivity index (χ3n) is 6.59. The molecule has 0 bridgehead atoms. The summed E-state index contributed by atoms with van der Waals surface area (Å²) in [6, 6.07) is 15.4. The van der Waals surface area contributed by atoms with E-state index in [9.17, 15) is 4.79 Å². The summed E-state index contributed by atoms with van der Waals surface area (Å²) in [4.78, 5) is 18.3. The molecule has 188 valence electrons. The quantitative estimate of drug-likeness (QED) is 0.292. The van der Waals surface area contributed by atoms with Crippen molar-refractivity contribution in [2.75, 3.05) is 26.4 Å². The molecule has 0 radical (unpaired) electrons. The molecule has 2 aromatic rings. The summed E-state index contributed by atoms with van der Waals surface area (Å²) in [5, 5.41) is 8.91. The summed E-state index contributed by atoms with van der Waals surface area (Å²) < 4.78 is 12.6. The molecule has 0 spiro atoms. The lowest BCUT2D eigenvalue weighted by molar-refractivity contribution is -0.127. The molecule has 1 aliphatic heterocycles. The van der Waals surface area contributed by atoms with E-state index in [4.69, 9.17) is 19.6 Å². The fourth-order valence-corrected chi connectivity index (χ4v) is 4.82. The van der Waals surface area contributed by atoms with Gasteiger partial charge in [-0.3, -0.25) is 10.2 Å². The molecule has 1 fully saturated rings. The number of carbonyl (C=O) groups excluding carboxylic acids is 1. The number of rotatable bonds is 11. The first-order chi connectivity index (χ1) is 17.1. The smallest absolute Gasteiger partial charge is 0.266 e. The maximum absolute atomic E-state index is 13.4. The minimum atomic E-state index is -1.06. The van der Waals surface area contributed by atoms with E-state index in [1.807, 2.05) is 48.5 Å². The zero-order valence-corrected chi connectivity index (χ0v) is 21.6. The fraction of sp³-hybridized carbons (Fsp3) is 0.481. The molecule has 0 unspecified atom stereocenters. The largest absolute Gasteiger partial charge is 0.494 e. The first-order valence-corrected chi connectivity index (χ1v) is 13.2. The minimum absolute atomic E-state index is 0.0980. The summed E-state index contributed by atoms with van der Waals surface area (Å²) in [5.74, 6) is 1.58. The normalized spacial score (nSPS) is 20.2. The lowest BCUT2D eigenvalue weighted by atomic mass is 9.89. The highest BCUT2D eigenvalue weighted by atomic mass is 79.9. The SMILES string of the molecule is O=C(NNCC1CCCCC1)[C@]1(Cc2ccc(Br)cc2)COC(c2ccc(OCCCO)cc2)=N1. The Kier molecular flexibility index (Phi) is 9.18. The number of halogens is 1. The first-order valence-electron chi connectivity index (χ1n) is 12.4. The number of hydrogen-bond donors (Lipinski definition) is 3. The average Bonchev–Trinajstić information content (AvgIpc) is 3.32. The summed E-state index contributed by atoms with van der Waals surface area (Å²) >= 11 is 3.47. The second kappa shape index (κ2) is 12.5. The van der Waals surface area contributed by atoms with Gasteiger partial charge in [-0.2, -0.15) is 0 Å². The predicted octanol–water partition coefficient (Wildman–Crippen LogP) is 4.17. The van der Waals surface area contributed by atoms with Gasteiger partial charge < -0.3 is 14.6 Å². The highest BCUT2D eigenvalue weighted by Crippen LogP contribution is 2.28. The molecular weight excluding hydrogens is 510 g/mol. The third-order valence-corrected chi connectivity index (χ3v) is 7.11. The van der Waals surface area contributed by atoms with Gasteiger partial charge in [-0.25, -0.2) is 10.4 Å². The van der Waals surface area contributed by atoms with Gasteiger partial charge in [0.25, 0.3) is 5.91 Å². The number of nitrogens with one attached hydrogen (secondary N) is 2. The monoisotopic (exact) mass is 543 g/mol. The standard InChI is InChI=1S/C27H34BrN3O4/c28-23-11-7-20(8-12-23)17-27(26(33)31-29-18-21-5-2-1-3-6-21)19-35-25(30-27)22-9-13-24(14-10-22)34-16-4-15-32/h7-14,21,29,32H,1-6,15-19H2,(H,31,33)/t27-/m0/s1. The molecule has 2 aromatic carbocycles.